The van der Waals surface area contributed by atoms with Crippen molar-refractivity contribution in [2.45, 2.75) is 25.4 Å². The van der Waals surface area contributed by atoms with Crippen molar-refractivity contribution < 1.29 is 9.59 Å². The minimum atomic E-state index is -0.461. The maximum absolute atomic E-state index is 13.3. The van der Waals surface area contributed by atoms with Crippen LogP contribution in [0, 0.1) is 17.2 Å². The van der Waals surface area contributed by atoms with Gasteiger partial charge in [-0.3, -0.25) is 14.5 Å². The predicted octanol–water partition coefficient (Wildman–Crippen LogP) is 3.31. The smallest absolute Gasteiger partial charge is 0.248 e. The zero-order valence-corrected chi connectivity index (χ0v) is 18.2. The molecule has 0 spiro atoms. The molecule has 2 fully saturated rings. The number of likely N-dealkylation sites (tertiary alicyclic amines) is 1. The maximum atomic E-state index is 13.3. The SMILES string of the molecule is N#Cc1ccc(NC(=O)C2CSCN2C(=O)C2CCCN(Cc3ccccc3)C2)cc1. The maximum Gasteiger partial charge on any atom is 0.248 e. The van der Waals surface area contributed by atoms with Gasteiger partial charge in [0, 0.05) is 24.5 Å². The number of nitriles is 1. The molecule has 2 heterocycles. The van der Waals surface area contributed by atoms with E-state index < -0.39 is 6.04 Å². The number of hydrogen-bond donors (Lipinski definition) is 1. The summed E-state index contributed by atoms with van der Waals surface area (Å²) >= 11 is 1.62. The number of nitrogens with one attached hydrogen (secondary N) is 1. The number of hydrogen-bond acceptors (Lipinski definition) is 5. The molecule has 2 amide bonds. The third-order valence-electron chi connectivity index (χ3n) is 5.85. The topological polar surface area (TPSA) is 76.4 Å². The first-order valence-corrected chi connectivity index (χ1v) is 11.7. The summed E-state index contributed by atoms with van der Waals surface area (Å²) in [7, 11) is 0. The molecule has 0 bridgehead atoms. The van der Waals surface area contributed by atoms with Gasteiger partial charge in [0.15, 0.2) is 0 Å². The largest absolute Gasteiger partial charge is 0.324 e. The van der Waals surface area contributed by atoms with Gasteiger partial charge in [-0.1, -0.05) is 30.3 Å². The second-order valence-corrected chi connectivity index (χ2v) is 9.06. The number of benzene rings is 2. The van der Waals surface area contributed by atoms with Crippen molar-refractivity contribution in [3.05, 3.63) is 65.7 Å². The molecule has 6 nitrogen and oxygen atoms in total. The summed E-state index contributed by atoms with van der Waals surface area (Å²) in [5.74, 6) is 1.01. The van der Waals surface area contributed by atoms with Crippen LogP contribution in [0.2, 0.25) is 0 Å². The third-order valence-corrected chi connectivity index (χ3v) is 6.87. The van der Waals surface area contributed by atoms with Gasteiger partial charge in [0.05, 0.1) is 23.4 Å². The lowest BCUT2D eigenvalue weighted by Crippen LogP contribution is -2.50. The van der Waals surface area contributed by atoms with E-state index in [4.69, 9.17) is 5.26 Å². The molecule has 2 aliphatic rings. The number of rotatable bonds is 5. The number of nitrogens with zero attached hydrogens (tertiary/aromatic N) is 3. The van der Waals surface area contributed by atoms with Crippen LogP contribution in [0.25, 0.3) is 0 Å². The fourth-order valence-electron chi connectivity index (χ4n) is 4.21. The van der Waals surface area contributed by atoms with Crippen LogP contribution < -0.4 is 5.32 Å². The van der Waals surface area contributed by atoms with E-state index in [2.05, 4.69) is 28.4 Å². The molecule has 31 heavy (non-hydrogen) atoms. The average Bonchev–Trinajstić information content (AvgIpc) is 3.30. The van der Waals surface area contributed by atoms with Crippen LogP contribution in [0.5, 0.6) is 0 Å². The van der Waals surface area contributed by atoms with Crippen molar-refractivity contribution >= 4 is 29.3 Å². The summed E-state index contributed by atoms with van der Waals surface area (Å²) in [6.45, 7) is 2.58. The molecule has 0 saturated carbocycles. The second kappa shape index (κ2) is 9.99. The Morgan fingerprint density at radius 2 is 1.90 bits per heavy atom. The predicted molar refractivity (Wildman–Crippen MR) is 122 cm³/mol. The highest BCUT2D eigenvalue weighted by molar-refractivity contribution is 7.99. The number of piperidine rings is 1. The van der Waals surface area contributed by atoms with E-state index >= 15 is 0 Å². The zero-order chi connectivity index (χ0) is 21.6. The Hall–Kier alpha value is -2.82. The van der Waals surface area contributed by atoms with Crippen molar-refractivity contribution in [2.24, 2.45) is 5.92 Å². The van der Waals surface area contributed by atoms with Crippen LogP contribution in [0.3, 0.4) is 0 Å². The van der Waals surface area contributed by atoms with Gasteiger partial charge in [-0.25, -0.2) is 0 Å². The van der Waals surface area contributed by atoms with Crippen LogP contribution in [0.1, 0.15) is 24.0 Å². The van der Waals surface area contributed by atoms with Crippen molar-refractivity contribution in [1.82, 2.24) is 9.80 Å². The molecule has 2 aromatic carbocycles. The quantitative estimate of drug-likeness (QED) is 0.781. The summed E-state index contributed by atoms with van der Waals surface area (Å²) in [6, 6.07) is 18.7. The molecule has 2 aromatic rings. The molecule has 2 saturated heterocycles. The van der Waals surface area contributed by atoms with Gasteiger partial charge in [-0.05, 0) is 49.2 Å². The summed E-state index contributed by atoms with van der Waals surface area (Å²) in [4.78, 5) is 30.3. The van der Waals surface area contributed by atoms with E-state index in [0.29, 0.717) is 22.9 Å². The normalized spacial score (nSPS) is 21.5. The molecular weight excluding hydrogens is 408 g/mol. The van der Waals surface area contributed by atoms with E-state index in [0.717, 1.165) is 32.5 Å². The summed E-state index contributed by atoms with van der Waals surface area (Å²) in [6.07, 6.45) is 1.86. The lowest BCUT2D eigenvalue weighted by molar-refractivity contribution is -0.141. The molecule has 0 aliphatic carbocycles. The molecule has 2 atom stereocenters. The summed E-state index contributed by atoms with van der Waals surface area (Å²) in [5.41, 5.74) is 2.44. The number of carbonyl (C=O) groups is 2. The van der Waals surface area contributed by atoms with Crippen LogP contribution in [-0.4, -0.2) is 52.4 Å². The monoisotopic (exact) mass is 434 g/mol. The Morgan fingerprint density at radius 1 is 1.13 bits per heavy atom. The van der Waals surface area contributed by atoms with Gasteiger partial charge in [0.25, 0.3) is 0 Å². The molecule has 2 unspecified atom stereocenters. The first kappa shape index (κ1) is 21.4. The molecule has 160 valence electrons. The van der Waals surface area contributed by atoms with Crippen LogP contribution in [0.15, 0.2) is 54.6 Å². The highest BCUT2D eigenvalue weighted by Crippen LogP contribution is 2.28. The Morgan fingerprint density at radius 3 is 2.65 bits per heavy atom. The first-order chi connectivity index (χ1) is 15.1. The van der Waals surface area contributed by atoms with Gasteiger partial charge < -0.3 is 10.2 Å². The minimum Gasteiger partial charge on any atom is -0.324 e. The van der Waals surface area contributed by atoms with E-state index in [1.54, 1.807) is 40.9 Å². The number of amides is 2. The molecule has 4 rings (SSSR count). The van der Waals surface area contributed by atoms with Crippen LogP contribution in [0.4, 0.5) is 5.69 Å². The van der Waals surface area contributed by atoms with Crippen molar-refractivity contribution in [3.63, 3.8) is 0 Å². The van der Waals surface area contributed by atoms with Gasteiger partial charge in [-0.15, -0.1) is 11.8 Å². The lowest BCUT2D eigenvalue weighted by atomic mass is 9.95. The van der Waals surface area contributed by atoms with Crippen molar-refractivity contribution in [2.75, 3.05) is 30.0 Å². The molecule has 2 aliphatic heterocycles. The molecule has 7 heteroatoms. The second-order valence-electron chi connectivity index (χ2n) is 8.06. The van der Waals surface area contributed by atoms with Gasteiger partial charge in [-0.2, -0.15) is 5.26 Å². The van der Waals surface area contributed by atoms with E-state index in [-0.39, 0.29) is 17.7 Å². The van der Waals surface area contributed by atoms with Gasteiger partial charge in [0.1, 0.15) is 6.04 Å². The lowest BCUT2D eigenvalue weighted by Gasteiger charge is -2.35. The number of thioether (sulfide) groups is 1. The fraction of sp³-hybridized carbons (Fsp3) is 0.375. The Balaban J connectivity index is 1.37. The standard InChI is InChI=1S/C24H26N4O2S/c25-13-18-8-10-21(11-9-18)26-23(29)22-16-31-17-28(22)24(30)20-7-4-12-27(15-20)14-19-5-2-1-3-6-19/h1-3,5-6,8-11,20,22H,4,7,12,14-17H2,(H,26,29). The van der Waals surface area contributed by atoms with Gasteiger partial charge in [0.2, 0.25) is 11.8 Å². The fourth-order valence-corrected chi connectivity index (χ4v) is 5.37. The highest BCUT2D eigenvalue weighted by atomic mass is 32.2. The zero-order valence-electron chi connectivity index (χ0n) is 17.4. The van der Waals surface area contributed by atoms with Gasteiger partial charge >= 0.3 is 0 Å². The van der Waals surface area contributed by atoms with Crippen molar-refractivity contribution in [3.8, 4) is 6.07 Å². The van der Waals surface area contributed by atoms with Crippen LogP contribution >= 0.6 is 11.8 Å². The minimum absolute atomic E-state index is 0.0682. The first-order valence-electron chi connectivity index (χ1n) is 10.6. The average molecular weight is 435 g/mol. The highest BCUT2D eigenvalue weighted by Gasteiger charge is 2.38. The Labute approximate surface area is 187 Å². The third kappa shape index (κ3) is 5.27. The van der Waals surface area contributed by atoms with E-state index in [9.17, 15) is 9.59 Å². The summed E-state index contributed by atoms with van der Waals surface area (Å²) < 4.78 is 0. The molecule has 1 N–H and O–H groups in total. The van der Waals surface area contributed by atoms with E-state index in [1.165, 1.54) is 5.56 Å². The van der Waals surface area contributed by atoms with E-state index in [1.807, 2.05) is 18.2 Å². The summed E-state index contributed by atoms with van der Waals surface area (Å²) in [5, 5.41) is 11.8. The van der Waals surface area contributed by atoms with Crippen molar-refractivity contribution in [1.29, 1.82) is 5.26 Å². The molecule has 0 aromatic heterocycles. The van der Waals surface area contributed by atoms with Crippen LogP contribution in [-0.2, 0) is 16.1 Å². The number of carbonyl (C=O) groups excluding carboxylic acids is 2. The molecule has 0 radical (unpaired) electrons. The Kier molecular flexibility index (Phi) is 6.90. The number of anilines is 1. The Bertz CT molecular complexity index is 958. The molecular formula is C24H26N4O2S.